The molecule has 0 radical (unpaired) electrons. The zero-order chi connectivity index (χ0) is 24.1. The maximum Gasteiger partial charge on any atom is 0.330 e. The summed E-state index contributed by atoms with van der Waals surface area (Å²) in [5, 5.41) is 0. The van der Waals surface area contributed by atoms with Crippen LogP contribution in [0.2, 0.25) is 0 Å². The Morgan fingerprint density at radius 1 is 1.03 bits per heavy atom. The molecule has 1 aromatic heterocycles. The van der Waals surface area contributed by atoms with E-state index in [1.54, 1.807) is 0 Å². The molecule has 10 heteroatoms. The number of nitrogens with one attached hydrogen (secondary N) is 1. The number of allylic oxidation sites excluding steroid dienone is 2. The van der Waals surface area contributed by atoms with Crippen molar-refractivity contribution >= 4 is 29.2 Å². The summed E-state index contributed by atoms with van der Waals surface area (Å²) >= 11 is 0. The zero-order valence-corrected chi connectivity index (χ0v) is 19.3. The molecule has 180 valence electrons. The van der Waals surface area contributed by atoms with Crippen molar-refractivity contribution in [2.45, 2.75) is 65.3 Å². The average Bonchev–Trinajstić information content (AvgIpc) is 3.04. The third-order valence-corrected chi connectivity index (χ3v) is 6.40. The van der Waals surface area contributed by atoms with Gasteiger partial charge in [-0.1, -0.05) is 38.8 Å². The van der Waals surface area contributed by atoms with Gasteiger partial charge in [0, 0.05) is 26.1 Å². The molecular weight excluding hydrogens is 426 g/mol. The lowest BCUT2D eigenvalue weighted by Gasteiger charge is -2.25. The van der Waals surface area contributed by atoms with Gasteiger partial charge in [0.25, 0.3) is 5.56 Å². The molecule has 1 aliphatic heterocycles. The van der Waals surface area contributed by atoms with Gasteiger partial charge < -0.3 is 10.6 Å². The molecule has 10 nitrogen and oxygen atoms in total. The summed E-state index contributed by atoms with van der Waals surface area (Å²) in [5.74, 6) is -1.66. The highest BCUT2D eigenvalue weighted by molar-refractivity contribution is 6.06. The van der Waals surface area contributed by atoms with Crippen molar-refractivity contribution in [3.8, 4) is 0 Å². The number of amides is 3. The van der Waals surface area contributed by atoms with Gasteiger partial charge in [0.2, 0.25) is 17.7 Å². The van der Waals surface area contributed by atoms with Crippen molar-refractivity contribution in [1.29, 1.82) is 0 Å². The number of H-pyrrole nitrogens is 1. The summed E-state index contributed by atoms with van der Waals surface area (Å²) in [6, 6.07) is 0. The minimum absolute atomic E-state index is 0.0423. The standard InChI is InChI=1S/C23H33N5O5/c1-3-5-12-26(18-19(24)27(13-6-4-2)23(33)25-20(18)30)17(29)11-14-28-21(31)15-9-7-8-10-16(15)22(28)32/h7-8,15-16H,3-6,9-14,24H2,1-2H3,(H,25,30,33)/t15-,16+. The number of rotatable bonds is 10. The van der Waals surface area contributed by atoms with Crippen LogP contribution >= 0.6 is 0 Å². The number of nitrogen functional groups attached to an aromatic ring is 1. The molecule has 3 amide bonds. The monoisotopic (exact) mass is 459 g/mol. The van der Waals surface area contributed by atoms with E-state index in [2.05, 4.69) is 4.98 Å². The molecule has 1 aromatic rings. The van der Waals surface area contributed by atoms with Crippen LogP contribution in [0.4, 0.5) is 11.5 Å². The first kappa shape index (κ1) is 24.5. The molecule has 2 atom stereocenters. The molecule has 0 bridgehead atoms. The van der Waals surface area contributed by atoms with E-state index in [1.807, 2.05) is 26.0 Å². The Morgan fingerprint density at radius 3 is 2.21 bits per heavy atom. The number of likely N-dealkylation sites (tertiary alicyclic amines) is 1. The van der Waals surface area contributed by atoms with Gasteiger partial charge in [-0.25, -0.2) is 4.79 Å². The van der Waals surface area contributed by atoms with Crippen LogP contribution in [-0.2, 0) is 20.9 Å². The van der Waals surface area contributed by atoms with Crippen LogP contribution in [0.25, 0.3) is 0 Å². The fourth-order valence-electron chi connectivity index (χ4n) is 4.49. The van der Waals surface area contributed by atoms with Crippen LogP contribution in [0.3, 0.4) is 0 Å². The van der Waals surface area contributed by atoms with Crippen molar-refractivity contribution in [1.82, 2.24) is 14.5 Å². The maximum absolute atomic E-state index is 13.2. The van der Waals surface area contributed by atoms with Crippen molar-refractivity contribution in [2.75, 3.05) is 23.7 Å². The number of fused-ring (bicyclic) bond motifs is 1. The Balaban J connectivity index is 1.83. The van der Waals surface area contributed by atoms with E-state index < -0.39 is 17.2 Å². The molecule has 0 aromatic carbocycles. The summed E-state index contributed by atoms with van der Waals surface area (Å²) < 4.78 is 1.28. The lowest BCUT2D eigenvalue weighted by atomic mass is 9.85. The number of nitrogens with two attached hydrogens (primary N) is 1. The second-order valence-corrected chi connectivity index (χ2v) is 8.63. The van der Waals surface area contributed by atoms with E-state index >= 15 is 0 Å². The van der Waals surface area contributed by atoms with E-state index in [9.17, 15) is 24.0 Å². The number of aromatic nitrogens is 2. The molecule has 33 heavy (non-hydrogen) atoms. The zero-order valence-electron chi connectivity index (χ0n) is 19.3. The molecular formula is C23H33N5O5. The van der Waals surface area contributed by atoms with Crippen molar-refractivity contribution < 1.29 is 14.4 Å². The van der Waals surface area contributed by atoms with Gasteiger partial charge >= 0.3 is 5.69 Å². The summed E-state index contributed by atoms with van der Waals surface area (Å²) in [7, 11) is 0. The van der Waals surface area contributed by atoms with E-state index in [0.717, 1.165) is 12.8 Å². The fourth-order valence-corrected chi connectivity index (χ4v) is 4.49. The molecule has 2 aliphatic rings. The highest BCUT2D eigenvalue weighted by Crippen LogP contribution is 2.35. The Labute approximate surface area is 192 Å². The van der Waals surface area contributed by atoms with Gasteiger partial charge in [-0.05, 0) is 25.7 Å². The fraction of sp³-hybridized carbons (Fsp3) is 0.609. The Bertz CT molecular complexity index is 1030. The number of hydrogen-bond donors (Lipinski definition) is 2. The first-order valence-electron chi connectivity index (χ1n) is 11.7. The number of hydrogen-bond acceptors (Lipinski definition) is 6. The number of nitrogens with zero attached hydrogens (tertiary/aromatic N) is 3. The van der Waals surface area contributed by atoms with Gasteiger partial charge in [0.15, 0.2) is 5.69 Å². The molecule has 0 spiro atoms. The summed E-state index contributed by atoms with van der Waals surface area (Å²) in [6.07, 6.45) is 7.68. The topological polar surface area (TPSA) is 139 Å². The largest absolute Gasteiger partial charge is 0.383 e. The van der Waals surface area contributed by atoms with E-state index in [1.165, 1.54) is 14.4 Å². The smallest absolute Gasteiger partial charge is 0.330 e. The maximum atomic E-state index is 13.2. The highest BCUT2D eigenvalue weighted by Gasteiger charge is 2.47. The molecule has 1 fully saturated rings. The molecule has 3 N–H and O–H groups in total. The summed E-state index contributed by atoms with van der Waals surface area (Å²) in [6.45, 7) is 4.45. The number of unbranched alkanes of at least 4 members (excludes halogenated alkanes) is 2. The van der Waals surface area contributed by atoms with Crippen LogP contribution in [0.5, 0.6) is 0 Å². The predicted octanol–water partition coefficient (Wildman–Crippen LogP) is 1.39. The average molecular weight is 460 g/mol. The molecule has 2 heterocycles. The van der Waals surface area contributed by atoms with Crippen LogP contribution in [0.15, 0.2) is 21.7 Å². The van der Waals surface area contributed by atoms with Gasteiger partial charge in [0.1, 0.15) is 5.82 Å². The molecule has 1 aliphatic carbocycles. The van der Waals surface area contributed by atoms with Crippen molar-refractivity contribution in [2.24, 2.45) is 11.8 Å². The second-order valence-electron chi connectivity index (χ2n) is 8.63. The minimum Gasteiger partial charge on any atom is -0.383 e. The predicted molar refractivity (Wildman–Crippen MR) is 125 cm³/mol. The van der Waals surface area contributed by atoms with Crippen LogP contribution in [0.1, 0.15) is 58.8 Å². The van der Waals surface area contributed by atoms with E-state index in [4.69, 9.17) is 5.73 Å². The van der Waals surface area contributed by atoms with Crippen molar-refractivity contribution in [3.05, 3.63) is 33.0 Å². The summed E-state index contributed by atoms with van der Waals surface area (Å²) in [4.78, 5) is 68.3. The third kappa shape index (κ3) is 4.94. The van der Waals surface area contributed by atoms with Crippen LogP contribution in [-0.4, -0.2) is 45.3 Å². The first-order chi connectivity index (χ1) is 15.8. The lowest BCUT2D eigenvalue weighted by Crippen LogP contribution is -2.43. The highest BCUT2D eigenvalue weighted by atomic mass is 16.2. The number of carbonyl (C=O) groups is 3. The third-order valence-electron chi connectivity index (χ3n) is 6.40. The molecule has 3 rings (SSSR count). The number of imide groups is 1. The normalized spacial score (nSPS) is 19.8. The van der Waals surface area contributed by atoms with Gasteiger partial charge in [0.05, 0.1) is 11.8 Å². The SMILES string of the molecule is CCCCN(C(=O)CCN1C(=O)[C@H]2CC=CC[C@H]2C1=O)c1c(N)n(CCCC)c(=O)[nH]c1=O. The Hall–Kier alpha value is -3.17. The van der Waals surface area contributed by atoms with E-state index in [-0.39, 0.29) is 54.7 Å². The van der Waals surface area contributed by atoms with Crippen molar-refractivity contribution in [3.63, 3.8) is 0 Å². The molecule has 0 unspecified atom stereocenters. The first-order valence-corrected chi connectivity index (χ1v) is 11.7. The van der Waals surface area contributed by atoms with Crippen LogP contribution < -0.4 is 21.9 Å². The van der Waals surface area contributed by atoms with Crippen LogP contribution in [0, 0.1) is 11.8 Å². The van der Waals surface area contributed by atoms with Gasteiger partial charge in [-0.2, -0.15) is 0 Å². The number of anilines is 2. The Kier molecular flexibility index (Phi) is 7.88. The van der Waals surface area contributed by atoms with Gasteiger partial charge in [-0.3, -0.25) is 33.6 Å². The van der Waals surface area contributed by atoms with Gasteiger partial charge in [-0.15, -0.1) is 0 Å². The minimum atomic E-state index is -0.722. The Morgan fingerprint density at radius 2 is 1.64 bits per heavy atom. The molecule has 0 saturated carbocycles. The molecule has 1 saturated heterocycles. The number of carbonyl (C=O) groups excluding carboxylic acids is 3. The number of aromatic amines is 1. The quantitative estimate of drug-likeness (QED) is 0.400. The van der Waals surface area contributed by atoms with E-state index in [0.29, 0.717) is 32.2 Å². The lowest BCUT2D eigenvalue weighted by molar-refractivity contribution is -0.140. The second kappa shape index (κ2) is 10.6. The summed E-state index contributed by atoms with van der Waals surface area (Å²) in [5.41, 5.74) is 4.82.